The fraction of sp³-hybridized carbons (Fsp3) is 0.500. The second-order valence-electron chi connectivity index (χ2n) is 3.66. The molecule has 1 rings (SSSR count). The minimum atomic E-state index is 0.389. The Hall–Kier alpha value is -0.280. The van der Waals surface area contributed by atoms with Crippen molar-refractivity contribution >= 4 is 33.3 Å². The van der Waals surface area contributed by atoms with Gasteiger partial charge in [0.25, 0.3) is 0 Å². The number of aromatic nitrogens is 1. The van der Waals surface area contributed by atoms with E-state index in [1.165, 1.54) is 0 Å². The van der Waals surface area contributed by atoms with Crippen molar-refractivity contribution in [3.8, 4) is 0 Å². The molecule has 0 fully saturated rings. The Balaban J connectivity index is 2.77. The van der Waals surface area contributed by atoms with Gasteiger partial charge in [-0.15, -0.1) is 0 Å². The fourth-order valence-electron chi connectivity index (χ4n) is 0.903. The van der Waals surface area contributed by atoms with Crippen molar-refractivity contribution in [1.29, 1.82) is 0 Å². The fourth-order valence-corrected chi connectivity index (χ4v) is 1.66. The Kier molecular flexibility index (Phi) is 4.20. The second-order valence-corrected chi connectivity index (χ2v) is 4.95. The average molecular weight is 278 g/mol. The molecule has 0 bridgehead atoms. The van der Waals surface area contributed by atoms with Crippen LogP contribution in [0.25, 0.3) is 0 Å². The zero-order chi connectivity index (χ0) is 10.7. The van der Waals surface area contributed by atoms with Crippen LogP contribution in [0.3, 0.4) is 0 Å². The molecule has 0 aliphatic heterocycles. The highest BCUT2D eigenvalue weighted by Crippen LogP contribution is 2.24. The van der Waals surface area contributed by atoms with Gasteiger partial charge in [0.05, 0.1) is 9.50 Å². The molecule has 1 atom stereocenters. The van der Waals surface area contributed by atoms with Crippen LogP contribution in [0.1, 0.15) is 20.8 Å². The van der Waals surface area contributed by atoms with E-state index in [2.05, 4.69) is 47.0 Å². The van der Waals surface area contributed by atoms with Crippen molar-refractivity contribution < 1.29 is 0 Å². The summed E-state index contributed by atoms with van der Waals surface area (Å²) in [6.07, 6.45) is 1.64. The molecule has 0 aliphatic rings. The summed E-state index contributed by atoms with van der Waals surface area (Å²) < 4.78 is 0.900. The molecule has 4 heteroatoms. The van der Waals surface area contributed by atoms with E-state index in [-0.39, 0.29) is 0 Å². The molecule has 78 valence electrons. The van der Waals surface area contributed by atoms with Gasteiger partial charge in [-0.05, 0) is 34.8 Å². The molecule has 1 aromatic rings. The Morgan fingerprint density at radius 3 is 2.57 bits per heavy atom. The predicted molar refractivity (Wildman–Crippen MR) is 64.9 cm³/mol. The quantitative estimate of drug-likeness (QED) is 0.905. The van der Waals surface area contributed by atoms with Gasteiger partial charge in [0, 0.05) is 12.2 Å². The van der Waals surface area contributed by atoms with Gasteiger partial charge >= 0.3 is 0 Å². The molecule has 0 spiro atoms. The first-order valence-corrected chi connectivity index (χ1v) is 5.75. The molecule has 0 amide bonds. The van der Waals surface area contributed by atoms with Crippen molar-refractivity contribution in [3.05, 3.63) is 21.8 Å². The summed E-state index contributed by atoms with van der Waals surface area (Å²) in [4.78, 5) is 4.21. The minimum absolute atomic E-state index is 0.389. The lowest BCUT2D eigenvalue weighted by atomic mass is 10.1. The third-order valence-electron chi connectivity index (χ3n) is 2.17. The van der Waals surface area contributed by atoms with Gasteiger partial charge in [-0.2, -0.15) is 0 Å². The number of anilines is 1. The Labute approximate surface area is 98.2 Å². The van der Waals surface area contributed by atoms with E-state index in [0.29, 0.717) is 17.0 Å². The summed E-state index contributed by atoms with van der Waals surface area (Å²) in [5.74, 6) is 1.41. The first-order chi connectivity index (χ1) is 6.50. The van der Waals surface area contributed by atoms with Gasteiger partial charge in [-0.25, -0.2) is 4.98 Å². The second kappa shape index (κ2) is 4.99. The summed E-state index contributed by atoms with van der Waals surface area (Å²) in [5.41, 5.74) is 0. The topological polar surface area (TPSA) is 24.9 Å². The van der Waals surface area contributed by atoms with E-state index in [9.17, 15) is 0 Å². The number of halogens is 2. The molecular weight excluding hydrogens is 263 g/mol. The Morgan fingerprint density at radius 2 is 2.07 bits per heavy atom. The lowest BCUT2D eigenvalue weighted by Crippen LogP contribution is -2.22. The largest absolute Gasteiger partial charge is 0.366 e. The number of hydrogen-bond acceptors (Lipinski definition) is 2. The summed E-state index contributed by atoms with van der Waals surface area (Å²) in [6, 6.07) is 2.23. The van der Waals surface area contributed by atoms with Crippen molar-refractivity contribution in [2.24, 2.45) is 5.92 Å². The van der Waals surface area contributed by atoms with Gasteiger partial charge in [0.15, 0.2) is 0 Å². The van der Waals surface area contributed by atoms with E-state index in [0.717, 1.165) is 10.3 Å². The van der Waals surface area contributed by atoms with Gasteiger partial charge < -0.3 is 5.32 Å². The molecule has 1 unspecified atom stereocenters. The molecule has 1 N–H and O–H groups in total. The number of hydrogen-bond donors (Lipinski definition) is 1. The first-order valence-electron chi connectivity index (χ1n) is 4.58. The number of nitrogens with zero attached hydrogens (tertiary/aromatic N) is 1. The molecule has 0 saturated carbocycles. The summed E-state index contributed by atoms with van der Waals surface area (Å²) >= 11 is 9.21. The van der Waals surface area contributed by atoms with E-state index in [1.807, 2.05) is 6.07 Å². The molecular formula is C10H14BrClN2. The van der Waals surface area contributed by atoms with Crippen LogP contribution in [0.2, 0.25) is 5.02 Å². The smallest absolute Gasteiger partial charge is 0.140 e. The van der Waals surface area contributed by atoms with E-state index in [1.54, 1.807) is 6.20 Å². The summed E-state index contributed by atoms with van der Waals surface area (Å²) in [5, 5.41) is 3.96. The maximum atomic E-state index is 5.80. The molecule has 0 aromatic carbocycles. The number of rotatable bonds is 3. The van der Waals surface area contributed by atoms with Crippen molar-refractivity contribution in [3.63, 3.8) is 0 Å². The normalized spacial score (nSPS) is 13.0. The summed E-state index contributed by atoms with van der Waals surface area (Å²) in [6.45, 7) is 6.47. The molecule has 0 saturated heterocycles. The summed E-state index contributed by atoms with van der Waals surface area (Å²) in [7, 11) is 0. The third kappa shape index (κ3) is 3.14. The third-order valence-corrected chi connectivity index (χ3v) is 2.98. The molecule has 0 radical (unpaired) electrons. The zero-order valence-electron chi connectivity index (χ0n) is 8.51. The lowest BCUT2D eigenvalue weighted by Gasteiger charge is -2.18. The maximum absolute atomic E-state index is 5.80. The van der Waals surface area contributed by atoms with Crippen LogP contribution in [0, 0.1) is 5.92 Å². The highest BCUT2D eigenvalue weighted by atomic mass is 79.9. The van der Waals surface area contributed by atoms with Crippen LogP contribution in [-0.2, 0) is 0 Å². The van der Waals surface area contributed by atoms with E-state index in [4.69, 9.17) is 11.6 Å². The Bertz CT molecular complexity index is 315. The molecule has 1 aromatic heterocycles. The lowest BCUT2D eigenvalue weighted by molar-refractivity contribution is 0.558. The van der Waals surface area contributed by atoms with Crippen molar-refractivity contribution in [1.82, 2.24) is 4.98 Å². The van der Waals surface area contributed by atoms with Crippen LogP contribution in [0.4, 0.5) is 5.82 Å². The molecule has 0 aliphatic carbocycles. The van der Waals surface area contributed by atoms with Crippen LogP contribution < -0.4 is 5.32 Å². The van der Waals surface area contributed by atoms with Crippen molar-refractivity contribution in [2.75, 3.05) is 5.32 Å². The molecule has 2 nitrogen and oxygen atoms in total. The maximum Gasteiger partial charge on any atom is 0.140 e. The number of nitrogens with one attached hydrogen (secondary N) is 1. The number of pyridine rings is 1. The molecule has 1 heterocycles. The SMILES string of the molecule is CC(C)C(C)Nc1ncc(Cl)cc1Br. The van der Waals surface area contributed by atoms with Crippen LogP contribution in [0.15, 0.2) is 16.7 Å². The predicted octanol–water partition coefficient (Wildman–Crippen LogP) is 3.95. The van der Waals surface area contributed by atoms with E-state index < -0.39 is 0 Å². The minimum Gasteiger partial charge on any atom is -0.366 e. The van der Waals surface area contributed by atoms with Gasteiger partial charge in [0.1, 0.15) is 5.82 Å². The van der Waals surface area contributed by atoms with Gasteiger partial charge in [-0.3, -0.25) is 0 Å². The van der Waals surface area contributed by atoms with Gasteiger partial charge in [0.2, 0.25) is 0 Å². The highest BCUT2D eigenvalue weighted by molar-refractivity contribution is 9.10. The zero-order valence-corrected chi connectivity index (χ0v) is 10.9. The highest BCUT2D eigenvalue weighted by Gasteiger charge is 2.09. The van der Waals surface area contributed by atoms with Crippen LogP contribution in [0.5, 0.6) is 0 Å². The monoisotopic (exact) mass is 276 g/mol. The standard InChI is InChI=1S/C10H14BrClN2/c1-6(2)7(3)14-10-9(11)4-8(12)5-13-10/h4-7H,1-3H3,(H,13,14). The van der Waals surface area contributed by atoms with E-state index >= 15 is 0 Å². The Morgan fingerprint density at radius 1 is 1.43 bits per heavy atom. The van der Waals surface area contributed by atoms with Crippen LogP contribution in [-0.4, -0.2) is 11.0 Å². The van der Waals surface area contributed by atoms with Crippen LogP contribution >= 0.6 is 27.5 Å². The van der Waals surface area contributed by atoms with Crippen molar-refractivity contribution in [2.45, 2.75) is 26.8 Å². The average Bonchev–Trinajstić information content (AvgIpc) is 2.09. The molecule has 14 heavy (non-hydrogen) atoms. The first kappa shape index (κ1) is 11.8. The van der Waals surface area contributed by atoms with Gasteiger partial charge in [-0.1, -0.05) is 25.4 Å².